The van der Waals surface area contributed by atoms with Gasteiger partial charge in [-0.3, -0.25) is 4.79 Å². The van der Waals surface area contributed by atoms with E-state index in [1.54, 1.807) is 31.2 Å². The van der Waals surface area contributed by atoms with Gasteiger partial charge in [-0.15, -0.1) is 0 Å². The van der Waals surface area contributed by atoms with Crippen LogP contribution in [-0.2, 0) is 9.05 Å². The monoisotopic (exact) mass is 313 g/mol. The van der Waals surface area contributed by atoms with Crippen LogP contribution in [0, 0.1) is 0 Å². The summed E-state index contributed by atoms with van der Waals surface area (Å²) >= 11 is 0. The van der Waals surface area contributed by atoms with Crippen molar-refractivity contribution in [3.63, 3.8) is 0 Å². The average Bonchev–Trinajstić information content (AvgIpc) is 2.37. The summed E-state index contributed by atoms with van der Waals surface area (Å²) in [6.07, 6.45) is 0. The van der Waals surface area contributed by atoms with Gasteiger partial charge in [-0.2, -0.15) is 0 Å². The van der Waals surface area contributed by atoms with E-state index >= 15 is 0 Å². The topological polar surface area (TPSA) is 86.5 Å². The van der Waals surface area contributed by atoms with Crippen LogP contribution in [0.3, 0.4) is 0 Å². The Morgan fingerprint density at radius 1 is 1.30 bits per heavy atom. The molecule has 0 aliphatic carbocycles. The molecule has 0 aliphatic rings. The summed E-state index contributed by atoms with van der Waals surface area (Å²) in [6.45, 7) is 2.07. The van der Waals surface area contributed by atoms with Crippen molar-refractivity contribution in [1.82, 2.24) is 0 Å². The molecule has 2 aromatic carbocycles. The van der Waals surface area contributed by atoms with Crippen molar-refractivity contribution in [2.45, 2.75) is 11.8 Å². The molecule has 0 aliphatic heterocycles. The molecule has 0 spiro atoms. The number of nitrogens with two attached hydrogens (primary N) is 1. The fourth-order valence-corrected chi connectivity index (χ4v) is 3.08. The van der Waals surface area contributed by atoms with Crippen LogP contribution in [0.4, 0.5) is 0 Å². The molecule has 20 heavy (non-hydrogen) atoms. The largest absolute Gasteiger partial charge is 0.492 e. The number of halogens is 1. The summed E-state index contributed by atoms with van der Waals surface area (Å²) < 4.78 is 28.8. The zero-order valence-electron chi connectivity index (χ0n) is 10.6. The zero-order chi connectivity index (χ0) is 14.9. The molecule has 106 valence electrons. The molecule has 0 bridgehead atoms. The lowest BCUT2D eigenvalue weighted by Gasteiger charge is -2.13. The second-order valence-corrected chi connectivity index (χ2v) is 6.57. The maximum absolute atomic E-state index is 11.7. The van der Waals surface area contributed by atoms with Crippen LogP contribution in [0.1, 0.15) is 17.3 Å². The van der Waals surface area contributed by atoms with E-state index in [4.69, 9.17) is 21.2 Å². The van der Waals surface area contributed by atoms with Gasteiger partial charge in [-0.1, -0.05) is 24.3 Å². The first-order valence-electron chi connectivity index (χ1n) is 5.79. The van der Waals surface area contributed by atoms with Crippen LogP contribution in [0.15, 0.2) is 35.2 Å². The van der Waals surface area contributed by atoms with Crippen molar-refractivity contribution in [1.29, 1.82) is 0 Å². The number of amides is 1. The fourth-order valence-electron chi connectivity index (χ4n) is 2.00. The number of carbonyl (C=O) groups is 1. The summed E-state index contributed by atoms with van der Waals surface area (Å²) in [4.78, 5) is 11.4. The van der Waals surface area contributed by atoms with E-state index in [1.165, 1.54) is 0 Å². The van der Waals surface area contributed by atoms with Crippen LogP contribution in [-0.4, -0.2) is 20.9 Å². The molecule has 1 amide bonds. The van der Waals surface area contributed by atoms with Crippen LogP contribution < -0.4 is 10.5 Å². The predicted molar refractivity (Wildman–Crippen MR) is 76.7 cm³/mol. The first kappa shape index (κ1) is 14.6. The highest BCUT2D eigenvalue weighted by Crippen LogP contribution is 2.35. The predicted octanol–water partition coefficient (Wildman–Crippen LogP) is 2.26. The molecule has 2 aromatic rings. The summed E-state index contributed by atoms with van der Waals surface area (Å²) in [6, 6.07) is 7.78. The van der Waals surface area contributed by atoms with E-state index in [0.29, 0.717) is 17.4 Å². The van der Waals surface area contributed by atoms with Crippen molar-refractivity contribution in [2.75, 3.05) is 6.61 Å². The molecular weight excluding hydrogens is 302 g/mol. The molecule has 0 unspecified atom stereocenters. The van der Waals surface area contributed by atoms with Gasteiger partial charge in [-0.25, -0.2) is 8.42 Å². The number of ether oxygens (including phenoxy) is 1. The molecule has 2 rings (SSSR count). The Kier molecular flexibility index (Phi) is 3.87. The molecule has 5 nitrogen and oxygen atoms in total. The van der Waals surface area contributed by atoms with Crippen molar-refractivity contribution >= 4 is 36.4 Å². The Labute approximate surface area is 120 Å². The minimum atomic E-state index is -4.01. The van der Waals surface area contributed by atoms with E-state index in [2.05, 4.69) is 0 Å². The van der Waals surface area contributed by atoms with Gasteiger partial charge in [0.15, 0.2) is 0 Å². The standard InChI is InChI=1S/C13H12ClNO4S/c1-2-19-12-9-6-4-3-5-8(9)11(20(14,17)18)7-10(12)13(15)16/h3-7H,2H2,1H3,(H2,15,16). The molecule has 0 saturated heterocycles. The van der Waals surface area contributed by atoms with Crippen LogP contribution in [0.2, 0.25) is 0 Å². The lowest BCUT2D eigenvalue weighted by Crippen LogP contribution is -2.14. The van der Waals surface area contributed by atoms with Gasteiger partial charge in [0.05, 0.1) is 17.1 Å². The van der Waals surface area contributed by atoms with E-state index in [-0.39, 0.29) is 16.2 Å². The quantitative estimate of drug-likeness (QED) is 0.877. The number of rotatable bonds is 4. The van der Waals surface area contributed by atoms with Gasteiger partial charge < -0.3 is 10.5 Å². The van der Waals surface area contributed by atoms with Gasteiger partial charge in [-0.05, 0) is 13.0 Å². The van der Waals surface area contributed by atoms with Gasteiger partial charge in [0.2, 0.25) is 0 Å². The summed E-state index contributed by atoms with van der Waals surface area (Å²) in [5, 5.41) is 0.862. The number of benzene rings is 2. The highest BCUT2D eigenvalue weighted by molar-refractivity contribution is 8.14. The smallest absolute Gasteiger partial charge is 0.261 e. The number of fused-ring (bicyclic) bond motifs is 1. The Morgan fingerprint density at radius 2 is 1.90 bits per heavy atom. The van der Waals surface area contributed by atoms with Gasteiger partial charge in [0.25, 0.3) is 15.0 Å². The second kappa shape index (κ2) is 5.30. The van der Waals surface area contributed by atoms with E-state index in [1.807, 2.05) is 0 Å². The third kappa shape index (κ3) is 2.57. The molecule has 0 atom stereocenters. The Balaban J connectivity index is 2.98. The molecule has 0 heterocycles. The molecule has 0 radical (unpaired) electrons. The van der Waals surface area contributed by atoms with Crippen LogP contribution >= 0.6 is 10.7 Å². The summed E-state index contributed by atoms with van der Waals surface area (Å²) in [5.74, 6) is -0.513. The van der Waals surface area contributed by atoms with E-state index in [9.17, 15) is 13.2 Å². The molecule has 2 N–H and O–H groups in total. The SMILES string of the molecule is CCOc1c(C(N)=O)cc(S(=O)(=O)Cl)c2ccccc12. The highest BCUT2D eigenvalue weighted by atomic mass is 35.7. The van der Waals surface area contributed by atoms with Gasteiger partial charge >= 0.3 is 0 Å². The molecule has 0 fully saturated rings. The Bertz CT molecular complexity index is 786. The number of hydrogen-bond donors (Lipinski definition) is 1. The third-order valence-electron chi connectivity index (χ3n) is 2.77. The lowest BCUT2D eigenvalue weighted by atomic mass is 10.0. The maximum Gasteiger partial charge on any atom is 0.261 e. The highest BCUT2D eigenvalue weighted by Gasteiger charge is 2.22. The molecule has 0 saturated carbocycles. The minimum Gasteiger partial charge on any atom is -0.492 e. The van der Waals surface area contributed by atoms with Crippen molar-refractivity contribution in [3.05, 3.63) is 35.9 Å². The number of hydrogen-bond acceptors (Lipinski definition) is 4. The Morgan fingerprint density at radius 3 is 2.40 bits per heavy atom. The van der Waals surface area contributed by atoms with Crippen molar-refractivity contribution < 1.29 is 17.9 Å². The molecular formula is C13H12ClNO4S. The average molecular weight is 314 g/mol. The van der Waals surface area contributed by atoms with Crippen molar-refractivity contribution in [2.24, 2.45) is 5.73 Å². The van der Waals surface area contributed by atoms with E-state index < -0.39 is 15.0 Å². The summed E-state index contributed by atoms with van der Waals surface area (Å²) in [7, 11) is 1.41. The van der Waals surface area contributed by atoms with Crippen LogP contribution in [0.5, 0.6) is 5.75 Å². The second-order valence-electron chi connectivity index (χ2n) is 4.03. The van der Waals surface area contributed by atoms with Gasteiger partial charge in [0, 0.05) is 21.5 Å². The van der Waals surface area contributed by atoms with E-state index in [0.717, 1.165) is 6.07 Å². The fraction of sp³-hybridized carbons (Fsp3) is 0.154. The zero-order valence-corrected chi connectivity index (χ0v) is 12.2. The lowest BCUT2D eigenvalue weighted by molar-refractivity contribution is 0.0996. The maximum atomic E-state index is 11.7. The third-order valence-corrected chi connectivity index (χ3v) is 4.14. The summed E-state index contributed by atoms with van der Waals surface area (Å²) in [5.41, 5.74) is 5.28. The first-order chi connectivity index (χ1) is 9.36. The first-order valence-corrected chi connectivity index (χ1v) is 8.10. The minimum absolute atomic E-state index is 0.00947. The normalized spacial score (nSPS) is 11.5. The van der Waals surface area contributed by atoms with Crippen LogP contribution in [0.25, 0.3) is 10.8 Å². The van der Waals surface area contributed by atoms with Crippen molar-refractivity contribution in [3.8, 4) is 5.75 Å². The van der Waals surface area contributed by atoms with Gasteiger partial charge in [0.1, 0.15) is 5.75 Å². The Hall–Kier alpha value is -1.79. The number of carbonyl (C=O) groups excluding carboxylic acids is 1. The molecule has 0 aromatic heterocycles. The molecule has 7 heteroatoms. The number of primary amides is 1.